The number of nitrogens with one attached hydrogen (secondary N) is 1. The minimum atomic E-state index is -0.118. The van der Waals surface area contributed by atoms with Crippen molar-refractivity contribution in [3.05, 3.63) is 0 Å². The SMILES string of the molecule is CCC(C)C(=O)N1CCCC(C(=O)N2CCCCC2CNC(=O)CCN)C1. The number of piperidine rings is 2. The summed E-state index contributed by atoms with van der Waals surface area (Å²) < 4.78 is 0. The Morgan fingerprint density at radius 3 is 2.63 bits per heavy atom. The smallest absolute Gasteiger partial charge is 0.227 e. The number of carbonyl (C=O) groups excluding carboxylic acids is 3. The van der Waals surface area contributed by atoms with Crippen LogP contribution in [0.15, 0.2) is 0 Å². The third kappa shape index (κ3) is 5.92. The van der Waals surface area contributed by atoms with Crippen molar-refractivity contribution in [2.75, 3.05) is 32.7 Å². The molecule has 2 saturated heterocycles. The lowest BCUT2D eigenvalue weighted by Gasteiger charge is -2.41. The lowest BCUT2D eigenvalue weighted by molar-refractivity contribution is -0.145. The van der Waals surface area contributed by atoms with Crippen LogP contribution in [-0.2, 0) is 14.4 Å². The molecule has 2 fully saturated rings. The molecule has 2 heterocycles. The van der Waals surface area contributed by atoms with E-state index in [4.69, 9.17) is 5.73 Å². The summed E-state index contributed by atoms with van der Waals surface area (Å²) in [5.41, 5.74) is 5.42. The molecule has 0 radical (unpaired) electrons. The van der Waals surface area contributed by atoms with E-state index in [1.54, 1.807) is 0 Å². The Balaban J connectivity index is 1.96. The van der Waals surface area contributed by atoms with E-state index in [2.05, 4.69) is 5.32 Å². The Hall–Kier alpha value is -1.63. The third-order valence-electron chi connectivity index (χ3n) is 5.93. The fourth-order valence-electron chi connectivity index (χ4n) is 4.05. The zero-order valence-corrected chi connectivity index (χ0v) is 16.9. The third-order valence-corrected chi connectivity index (χ3v) is 5.93. The molecule has 0 spiro atoms. The van der Waals surface area contributed by atoms with Crippen LogP contribution in [0, 0.1) is 11.8 Å². The topological polar surface area (TPSA) is 95.7 Å². The number of hydrogen-bond acceptors (Lipinski definition) is 4. The van der Waals surface area contributed by atoms with Gasteiger partial charge in [0.2, 0.25) is 17.7 Å². The zero-order chi connectivity index (χ0) is 19.8. The molecule has 2 aliphatic heterocycles. The van der Waals surface area contributed by atoms with Gasteiger partial charge in [0.05, 0.1) is 5.92 Å². The highest BCUT2D eigenvalue weighted by Crippen LogP contribution is 2.25. The van der Waals surface area contributed by atoms with Crippen LogP contribution in [-0.4, -0.2) is 66.3 Å². The van der Waals surface area contributed by atoms with Crippen LogP contribution in [0.4, 0.5) is 0 Å². The number of nitrogens with zero attached hydrogens (tertiary/aromatic N) is 2. The number of carbonyl (C=O) groups is 3. The van der Waals surface area contributed by atoms with Crippen molar-refractivity contribution in [3.8, 4) is 0 Å². The summed E-state index contributed by atoms with van der Waals surface area (Å²) in [4.78, 5) is 41.3. The second-order valence-corrected chi connectivity index (χ2v) is 7.96. The van der Waals surface area contributed by atoms with Gasteiger partial charge in [-0.3, -0.25) is 14.4 Å². The Morgan fingerprint density at radius 1 is 1.15 bits per heavy atom. The summed E-state index contributed by atoms with van der Waals surface area (Å²) in [7, 11) is 0. The van der Waals surface area contributed by atoms with Crippen LogP contribution in [0.1, 0.15) is 58.8 Å². The van der Waals surface area contributed by atoms with Crippen LogP contribution in [0.5, 0.6) is 0 Å². The number of likely N-dealkylation sites (tertiary alicyclic amines) is 2. The fraction of sp³-hybridized carbons (Fsp3) is 0.850. The van der Waals surface area contributed by atoms with E-state index >= 15 is 0 Å². The van der Waals surface area contributed by atoms with Gasteiger partial charge in [-0.25, -0.2) is 0 Å². The second kappa shape index (κ2) is 10.6. The van der Waals surface area contributed by atoms with E-state index in [1.165, 1.54) is 0 Å². The molecule has 154 valence electrons. The van der Waals surface area contributed by atoms with Gasteiger partial charge < -0.3 is 20.9 Å². The van der Waals surface area contributed by atoms with Gasteiger partial charge in [-0.1, -0.05) is 13.8 Å². The molecule has 3 N–H and O–H groups in total. The van der Waals surface area contributed by atoms with Gasteiger partial charge in [0.15, 0.2) is 0 Å². The number of nitrogens with two attached hydrogens (primary N) is 1. The van der Waals surface area contributed by atoms with Crippen LogP contribution >= 0.6 is 0 Å². The van der Waals surface area contributed by atoms with Gasteiger partial charge in [0.25, 0.3) is 0 Å². The first-order valence-corrected chi connectivity index (χ1v) is 10.5. The molecule has 0 saturated carbocycles. The van der Waals surface area contributed by atoms with Crippen molar-refractivity contribution in [2.24, 2.45) is 17.6 Å². The van der Waals surface area contributed by atoms with Crippen LogP contribution < -0.4 is 11.1 Å². The Morgan fingerprint density at radius 2 is 1.93 bits per heavy atom. The Labute approximate surface area is 163 Å². The molecule has 2 aliphatic rings. The lowest BCUT2D eigenvalue weighted by atomic mass is 9.92. The summed E-state index contributed by atoms with van der Waals surface area (Å²) in [5, 5.41) is 2.91. The average molecular weight is 381 g/mol. The molecule has 0 bridgehead atoms. The highest BCUT2D eigenvalue weighted by atomic mass is 16.2. The second-order valence-electron chi connectivity index (χ2n) is 7.96. The van der Waals surface area contributed by atoms with Crippen molar-refractivity contribution in [1.82, 2.24) is 15.1 Å². The summed E-state index contributed by atoms with van der Waals surface area (Å²) in [6.07, 6.45) is 5.85. The predicted molar refractivity (Wildman–Crippen MR) is 105 cm³/mol. The van der Waals surface area contributed by atoms with E-state index in [0.29, 0.717) is 26.1 Å². The zero-order valence-electron chi connectivity index (χ0n) is 16.9. The van der Waals surface area contributed by atoms with Gasteiger partial charge >= 0.3 is 0 Å². The minimum Gasteiger partial charge on any atom is -0.354 e. The van der Waals surface area contributed by atoms with Crippen molar-refractivity contribution >= 4 is 17.7 Å². The molecule has 7 nitrogen and oxygen atoms in total. The van der Waals surface area contributed by atoms with E-state index in [-0.39, 0.29) is 35.6 Å². The van der Waals surface area contributed by atoms with E-state index in [1.807, 2.05) is 23.6 Å². The highest BCUT2D eigenvalue weighted by molar-refractivity contribution is 5.82. The molecular formula is C20H36N4O3. The lowest BCUT2D eigenvalue weighted by Crippen LogP contribution is -2.54. The molecule has 3 unspecified atom stereocenters. The summed E-state index contributed by atoms with van der Waals surface area (Å²) in [6.45, 7) is 6.83. The molecule has 3 amide bonds. The van der Waals surface area contributed by atoms with Crippen LogP contribution in [0.3, 0.4) is 0 Å². The van der Waals surface area contributed by atoms with Crippen molar-refractivity contribution in [2.45, 2.75) is 64.8 Å². The van der Waals surface area contributed by atoms with E-state index in [0.717, 1.165) is 51.6 Å². The van der Waals surface area contributed by atoms with Gasteiger partial charge in [-0.15, -0.1) is 0 Å². The van der Waals surface area contributed by atoms with E-state index < -0.39 is 0 Å². The molecule has 27 heavy (non-hydrogen) atoms. The molecule has 7 heteroatoms. The van der Waals surface area contributed by atoms with Crippen LogP contribution in [0.2, 0.25) is 0 Å². The first-order valence-electron chi connectivity index (χ1n) is 10.5. The van der Waals surface area contributed by atoms with Gasteiger partial charge in [-0.05, 0) is 38.5 Å². The molecule has 0 aromatic heterocycles. The molecule has 2 rings (SSSR count). The fourth-order valence-corrected chi connectivity index (χ4v) is 4.05. The Bertz CT molecular complexity index is 525. The van der Waals surface area contributed by atoms with Crippen molar-refractivity contribution < 1.29 is 14.4 Å². The summed E-state index contributed by atoms with van der Waals surface area (Å²) in [5.74, 6) is 0.151. The standard InChI is InChI=1S/C20H36N4O3/c1-3-15(2)19(26)23-11-6-7-16(14-23)20(27)24-12-5-4-8-17(24)13-22-18(25)9-10-21/h15-17H,3-14,21H2,1-2H3,(H,22,25). The average Bonchev–Trinajstić information content (AvgIpc) is 2.71. The maximum atomic E-state index is 13.2. The molecule has 0 aromatic carbocycles. The quantitative estimate of drug-likeness (QED) is 0.692. The van der Waals surface area contributed by atoms with Gasteiger partial charge in [-0.2, -0.15) is 0 Å². The molecular weight excluding hydrogens is 344 g/mol. The molecule has 0 aromatic rings. The molecule has 0 aliphatic carbocycles. The summed E-state index contributed by atoms with van der Waals surface area (Å²) in [6, 6.07) is 0.0496. The number of rotatable bonds is 7. The number of hydrogen-bond donors (Lipinski definition) is 2. The maximum absolute atomic E-state index is 13.2. The van der Waals surface area contributed by atoms with Crippen LogP contribution in [0.25, 0.3) is 0 Å². The van der Waals surface area contributed by atoms with Gasteiger partial charge in [0.1, 0.15) is 0 Å². The highest BCUT2D eigenvalue weighted by Gasteiger charge is 2.35. The predicted octanol–water partition coefficient (Wildman–Crippen LogP) is 1.12. The first kappa shape index (κ1) is 21.7. The minimum absolute atomic E-state index is 0.0133. The van der Waals surface area contributed by atoms with Crippen molar-refractivity contribution in [1.29, 1.82) is 0 Å². The molecule has 3 atom stereocenters. The summed E-state index contributed by atoms with van der Waals surface area (Å²) >= 11 is 0. The Kier molecular flexibility index (Phi) is 8.54. The van der Waals surface area contributed by atoms with E-state index in [9.17, 15) is 14.4 Å². The maximum Gasteiger partial charge on any atom is 0.227 e. The first-order chi connectivity index (χ1) is 13.0. The number of amides is 3. The normalized spacial score (nSPS) is 24.4. The largest absolute Gasteiger partial charge is 0.354 e. The van der Waals surface area contributed by atoms with Gasteiger partial charge in [0, 0.05) is 51.1 Å². The monoisotopic (exact) mass is 380 g/mol. The van der Waals surface area contributed by atoms with Crippen molar-refractivity contribution in [3.63, 3.8) is 0 Å².